The maximum Gasteiger partial charge on any atom is 0.254 e. The summed E-state index contributed by atoms with van der Waals surface area (Å²) in [7, 11) is 1.76. The fourth-order valence-corrected chi connectivity index (χ4v) is 3.97. The lowest BCUT2D eigenvalue weighted by atomic mass is 9.98. The van der Waals surface area contributed by atoms with E-state index < -0.39 is 5.82 Å². The highest BCUT2D eigenvalue weighted by Gasteiger charge is 2.33. The summed E-state index contributed by atoms with van der Waals surface area (Å²) in [5.74, 6) is -0.931. The number of rotatable bonds is 4. The molecule has 8 nitrogen and oxygen atoms in total. The summed E-state index contributed by atoms with van der Waals surface area (Å²) in [6.45, 7) is 6.10. The largest absolute Gasteiger partial charge is 0.363 e. The van der Waals surface area contributed by atoms with E-state index in [9.17, 15) is 9.59 Å². The lowest BCUT2D eigenvalue weighted by Gasteiger charge is -2.38. The van der Waals surface area contributed by atoms with Gasteiger partial charge in [-0.1, -0.05) is 6.58 Å². The van der Waals surface area contributed by atoms with Crippen LogP contribution < -0.4 is 10.6 Å². The molecule has 2 N–H and O–H groups in total. The Morgan fingerprint density at radius 2 is 2.24 bits per heavy atom. The van der Waals surface area contributed by atoms with Gasteiger partial charge in [0.25, 0.3) is 5.91 Å². The van der Waals surface area contributed by atoms with Crippen LogP contribution in [0.5, 0.6) is 0 Å². The van der Waals surface area contributed by atoms with Crippen LogP contribution in [-0.2, 0) is 18.4 Å². The van der Waals surface area contributed by atoms with Crippen LogP contribution in [0.1, 0.15) is 35.7 Å². The number of likely N-dealkylation sites (tertiary alicyclic amines) is 1. The Kier molecular flexibility index (Phi) is 4.81. The lowest BCUT2D eigenvalue weighted by Crippen LogP contribution is -2.49. The number of nitrogens with one attached hydrogen (secondary N) is 2. The minimum atomic E-state index is -0.536. The van der Waals surface area contributed by atoms with Gasteiger partial charge in [0.05, 0.1) is 17.5 Å². The van der Waals surface area contributed by atoms with Crippen molar-refractivity contribution in [2.45, 2.75) is 38.4 Å². The van der Waals surface area contributed by atoms with Gasteiger partial charge in [0.15, 0.2) is 11.6 Å². The molecule has 29 heavy (non-hydrogen) atoms. The summed E-state index contributed by atoms with van der Waals surface area (Å²) in [5, 5.41) is 9.97. The minimum absolute atomic E-state index is 0.0876. The highest BCUT2D eigenvalue weighted by Crippen LogP contribution is 2.33. The molecule has 152 valence electrons. The van der Waals surface area contributed by atoms with E-state index in [-0.39, 0.29) is 41.8 Å². The first-order valence-electron chi connectivity index (χ1n) is 9.58. The van der Waals surface area contributed by atoms with Gasteiger partial charge >= 0.3 is 0 Å². The molecule has 0 aliphatic carbocycles. The number of anilines is 1. The molecule has 0 aromatic carbocycles. The highest BCUT2D eigenvalue weighted by atomic mass is 19.1. The Balaban J connectivity index is 1.69. The summed E-state index contributed by atoms with van der Waals surface area (Å²) in [6.07, 6.45) is 6.20. The Bertz CT molecular complexity index is 1000. The molecular weight excluding hydrogens is 375 g/mol. The first-order chi connectivity index (χ1) is 13.9. The van der Waals surface area contributed by atoms with Crippen molar-refractivity contribution in [3.05, 3.63) is 42.0 Å². The standard InChI is InChI=1S/C20H23FN6O2/c1-4-15(28)27-10-13(6-5-11(27)2)24-19-17(21)14-8-22-20(29)16(14)18(25-19)12-7-23-26(3)9-12/h4,7,9,11,13H,1,5-6,8,10H2,2-3H3,(H,22,29)(H,24,25). The minimum Gasteiger partial charge on any atom is -0.363 e. The Morgan fingerprint density at radius 1 is 1.45 bits per heavy atom. The van der Waals surface area contributed by atoms with E-state index in [1.54, 1.807) is 29.0 Å². The predicted octanol–water partition coefficient (Wildman–Crippen LogP) is 1.84. The Labute approximate surface area is 167 Å². The number of fused-ring (bicyclic) bond motifs is 1. The number of piperidine rings is 1. The average molecular weight is 398 g/mol. The molecule has 1 fully saturated rings. The lowest BCUT2D eigenvalue weighted by molar-refractivity contribution is -0.129. The van der Waals surface area contributed by atoms with Gasteiger partial charge in [-0.05, 0) is 25.8 Å². The van der Waals surface area contributed by atoms with E-state index in [1.807, 2.05) is 6.92 Å². The van der Waals surface area contributed by atoms with Crippen LogP contribution in [0.2, 0.25) is 0 Å². The molecule has 0 spiro atoms. The summed E-state index contributed by atoms with van der Waals surface area (Å²) >= 11 is 0. The zero-order chi connectivity index (χ0) is 20.7. The fraction of sp³-hybridized carbons (Fsp3) is 0.400. The molecular formula is C20H23FN6O2. The molecule has 2 aromatic rings. The van der Waals surface area contributed by atoms with Crippen LogP contribution in [0, 0.1) is 5.82 Å². The Morgan fingerprint density at radius 3 is 2.93 bits per heavy atom. The van der Waals surface area contributed by atoms with Gasteiger partial charge in [-0.2, -0.15) is 5.10 Å². The average Bonchev–Trinajstić information content (AvgIpc) is 3.31. The molecule has 2 atom stereocenters. The molecule has 4 rings (SSSR count). The van der Waals surface area contributed by atoms with E-state index in [0.717, 1.165) is 12.8 Å². The maximum atomic E-state index is 15.2. The van der Waals surface area contributed by atoms with Gasteiger partial charge in [-0.25, -0.2) is 9.37 Å². The topological polar surface area (TPSA) is 92.2 Å². The number of carbonyl (C=O) groups excluding carboxylic acids is 2. The monoisotopic (exact) mass is 398 g/mol. The zero-order valence-electron chi connectivity index (χ0n) is 16.4. The normalized spacial score (nSPS) is 20.9. The third-order valence-electron chi connectivity index (χ3n) is 5.55. The van der Waals surface area contributed by atoms with Crippen LogP contribution in [0.15, 0.2) is 25.0 Å². The van der Waals surface area contributed by atoms with Crippen LogP contribution in [0.3, 0.4) is 0 Å². The molecule has 2 amide bonds. The van der Waals surface area contributed by atoms with Crippen molar-refractivity contribution in [1.82, 2.24) is 25.0 Å². The van der Waals surface area contributed by atoms with Crippen molar-refractivity contribution in [1.29, 1.82) is 0 Å². The molecule has 2 aliphatic heterocycles. The van der Waals surface area contributed by atoms with Crippen LogP contribution in [0.4, 0.5) is 10.2 Å². The summed E-state index contributed by atoms with van der Waals surface area (Å²) in [4.78, 5) is 30.6. The number of carbonyl (C=O) groups is 2. The number of aryl methyl sites for hydroxylation is 1. The first kappa shape index (κ1) is 19.1. The molecule has 2 unspecified atom stereocenters. The number of aromatic nitrogens is 3. The third-order valence-corrected chi connectivity index (χ3v) is 5.55. The zero-order valence-corrected chi connectivity index (χ0v) is 16.4. The van der Waals surface area contributed by atoms with Gasteiger partial charge < -0.3 is 15.5 Å². The molecule has 2 aliphatic rings. The highest BCUT2D eigenvalue weighted by molar-refractivity contribution is 6.04. The van der Waals surface area contributed by atoms with E-state index in [1.165, 1.54) is 6.08 Å². The van der Waals surface area contributed by atoms with Crippen molar-refractivity contribution < 1.29 is 14.0 Å². The maximum absolute atomic E-state index is 15.2. The number of amides is 2. The fourth-order valence-electron chi connectivity index (χ4n) is 3.97. The SMILES string of the molecule is C=CC(=O)N1CC(Nc2nc(-c3cnn(C)c3)c3c(c2F)CNC3=O)CCC1C. The number of nitrogens with zero attached hydrogens (tertiary/aromatic N) is 4. The van der Waals surface area contributed by atoms with Gasteiger partial charge in [-0.15, -0.1) is 0 Å². The first-order valence-corrected chi connectivity index (χ1v) is 9.58. The molecule has 9 heteroatoms. The van der Waals surface area contributed by atoms with Crippen molar-refractivity contribution in [3.63, 3.8) is 0 Å². The van der Waals surface area contributed by atoms with E-state index in [4.69, 9.17) is 0 Å². The van der Waals surface area contributed by atoms with Crippen molar-refractivity contribution >= 4 is 17.6 Å². The third kappa shape index (κ3) is 3.37. The van der Waals surface area contributed by atoms with E-state index in [2.05, 4.69) is 27.3 Å². The summed E-state index contributed by atoms with van der Waals surface area (Å²) < 4.78 is 16.8. The van der Waals surface area contributed by atoms with Crippen molar-refractivity contribution in [2.75, 3.05) is 11.9 Å². The van der Waals surface area contributed by atoms with E-state index >= 15 is 4.39 Å². The number of hydrogen-bond acceptors (Lipinski definition) is 5. The molecule has 4 heterocycles. The molecule has 0 radical (unpaired) electrons. The van der Waals surface area contributed by atoms with Crippen molar-refractivity contribution in [3.8, 4) is 11.3 Å². The quantitative estimate of drug-likeness (QED) is 0.767. The molecule has 1 saturated heterocycles. The van der Waals surface area contributed by atoms with Crippen LogP contribution in [0.25, 0.3) is 11.3 Å². The predicted molar refractivity (Wildman–Crippen MR) is 106 cm³/mol. The van der Waals surface area contributed by atoms with Gasteiger partial charge in [0, 0.05) is 49.5 Å². The number of pyridine rings is 1. The molecule has 0 saturated carbocycles. The van der Waals surface area contributed by atoms with Gasteiger partial charge in [0.1, 0.15) is 0 Å². The summed E-state index contributed by atoms with van der Waals surface area (Å²) in [6, 6.07) is -0.0499. The second-order valence-electron chi connectivity index (χ2n) is 7.52. The molecule has 0 bridgehead atoms. The summed E-state index contributed by atoms with van der Waals surface area (Å²) in [5.41, 5.74) is 1.59. The van der Waals surface area contributed by atoms with Crippen LogP contribution in [-0.4, -0.2) is 50.1 Å². The second-order valence-corrected chi connectivity index (χ2v) is 7.52. The van der Waals surface area contributed by atoms with Gasteiger partial charge in [-0.3, -0.25) is 14.3 Å². The van der Waals surface area contributed by atoms with Crippen LogP contribution >= 0.6 is 0 Å². The van der Waals surface area contributed by atoms with Crippen molar-refractivity contribution in [2.24, 2.45) is 7.05 Å². The number of hydrogen-bond donors (Lipinski definition) is 2. The second kappa shape index (κ2) is 7.31. The van der Waals surface area contributed by atoms with E-state index in [0.29, 0.717) is 23.4 Å². The smallest absolute Gasteiger partial charge is 0.254 e. The number of halogens is 1. The van der Waals surface area contributed by atoms with Gasteiger partial charge in [0.2, 0.25) is 5.91 Å². The molecule has 2 aromatic heterocycles. The Hall–Kier alpha value is -3.23.